The van der Waals surface area contributed by atoms with Gasteiger partial charge in [0.05, 0.1) is 0 Å². The molecule has 6 nitrogen and oxygen atoms in total. The number of hydrogen-bond acceptors (Lipinski definition) is 7. The maximum Gasteiger partial charge on any atom is 0.275 e. The molecule has 0 aliphatic heterocycles. The van der Waals surface area contributed by atoms with Crippen LogP contribution in [0.4, 0.5) is 5.13 Å². The summed E-state index contributed by atoms with van der Waals surface area (Å²) in [5.74, 6) is 0. The first-order chi connectivity index (χ1) is 9.56. The predicted molar refractivity (Wildman–Crippen MR) is 79.5 cm³/mol. The van der Waals surface area contributed by atoms with Crippen molar-refractivity contribution in [3.63, 3.8) is 0 Å². The van der Waals surface area contributed by atoms with Crippen molar-refractivity contribution in [2.75, 3.05) is 11.9 Å². The van der Waals surface area contributed by atoms with E-state index in [0.29, 0.717) is 16.6 Å². The molecule has 3 aromatic rings. The van der Waals surface area contributed by atoms with Crippen molar-refractivity contribution in [2.24, 2.45) is 0 Å². The average molecular weight is 308 g/mol. The molecule has 3 rings (SSSR count). The lowest BCUT2D eigenvalue weighted by Crippen LogP contribution is -2.30. The van der Waals surface area contributed by atoms with Gasteiger partial charge in [-0.2, -0.15) is 15.9 Å². The van der Waals surface area contributed by atoms with Crippen LogP contribution >= 0.6 is 22.7 Å². The fraction of sp³-hybridized carbons (Fsp3) is 0.250. The van der Waals surface area contributed by atoms with Crippen LogP contribution in [-0.4, -0.2) is 26.2 Å². The van der Waals surface area contributed by atoms with Gasteiger partial charge in [0, 0.05) is 18.8 Å². The number of hydrogen-bond donors (Lipinski definition) is 2. The first-order valence-electron chi connectivity index (χ1n) is 5.90. The van der Waals surface area contributed by atoms with Crippen molar-refractivity contribution >= 4 is 32.8 Å². The Kier molecular flexibility index (Phi) is 3.28. The van der Waals surface area contributed by atoms with Crippen LogP contribution in [0.15, 0.2) is 33.9 Å². The minimum absolute atomic E-state index is 0.219. The molecular weight excluding hydrogens is 296 g/mol. The number of nitrogens with one attached hydrogen (secondary N) is 1. The molecule has 0 aliphatic rings. The van der Waals surface area contributed by atoms with E-state index in [1.165, 1.54) is 39.5 Å². The Morgan fingerprint density at radius 3 is 3.05 bits per heavy atom. The summed E-state index contributed by atoms with van der Waals surface area (Å²) in [5.41, 5.74) is -0.355. The van der Waals surface area contributed by atoms with E-state index in [1.807, 2.05) is 16.8 Å². The van der Waals surface area contributed by atoms with Gasteiger partial charge < -0.3 is 10.4 Å². The van der Waals surface area contributed by atoms with Gasteiger partial charge in [0.1, 0.15) is 5.60 Å². The Bertz CT molecular complexity index is 776. The Labute approximate surface area is 122 Å². The fourth-order valence-corrected chi connectivity index (χ4v) is 3.29. The monoisotopic (exact) mass is 308 g/mol. The summed E-state index contributed by atoms with van der Waals surface area (Å²) in [6.45, 7) is 2.04. The third-order valence-corrected chi connectivity index (χ3v) is 4.46. The molecule has 0 fully saturated rings. The van der Waals surface area contributed by atoms with Gasteiger partial charge in [-0.05, 0) is 29.3 Å². The van der Waals surface area contributed by atoms with Crippen molar-refractivity contribution in [1.29, 1.82) is 0 Å². The molecule has 3 aromatic heterocycles. The van der Waals surface area contributed by atoms with Gasteiger partial charge in [-0.3, -0.25) is 4.79 Å². The second-order valence-corrected chi connectivity index (χ2v) is 6.26. The summed E-state index contributed by atoms with van der Waals surface area (Å²) in [6.07, 6.45) is 1.46. The molecule has 3 heterocycles. The van der Waals surface area contributed by atoms with Gasteiger partial charge in [0.25, 0.3) is 5.56 Å². The van der Waals surface area contributed by atoms with Gasteiger partial charge in [0.2, 0.25) is 10.1 Å². The van der Waals surface area contributed by atoms with E-state index < -0.39 is 5.60 Å². The lowest BCUT2D eigenvalue weighted by Gasteiger charge is -2.22. The summed E-state index contributed by atoms with van der Waals surface area (Å²) in [5, 5.41) is 22.0. The van der Waals surface area contributed by atoms with E-state index in [0.717, 1.165) is 5.56 Å². The number of aliphatic hydroxyl groups is 1. The van der Waals surface area contributed by atoms with Gasteiger partial charge >= 0.3 is 0 Å². The van der Waals surface area contributed by atoms with Crippen LogP contribution in [0.1, 0.15) is 12.5 Å². The quantitative estimate of drug-likeness (QED) is 0.764. The summed E-state index contributed by atoms with van der Waals surface area (Å²) < 4.78 is 1.24. The van der Waals surface area contributed by atoms with Crippen molar-refractivity contribution in [3.8, 4) is 0 Å². The van der Waals surface area contributed by atoms with Crippen LogP contribution in [-0.2, 0) is 5.60 Å². The van der Waals surface area contributed by atoms with Crippen LogP contribution in [0, 0.1) is 0 Å². The predicted octanol–water partition coefficient (Wildman–Crippen LogP) is 1.53. The first kappa shape index (κ1) is 13.2. The minimum Gasteiger partial charge on any atom is -0.384 e. The summed E-state index contributed by atoms with van der Waals surface area (Å²) >= 11 is 2.81. The van der Waals surface area contributed by atoms with E-state index in [9.17, 15) is 9.90 Å². The molecule has 0 radical (unpaired) electrons. The Balaban J connectivity index is 1.80. The zero-order valence-electron chi connectivity index (χ0n) is 10.6. The smallest absolute Gasteiger partial charge is 0.275 e. The largest absolute Gasteiger partial charge is 0.384 e. The molecule has 0 saturated carbocycles. The van der Waals surface area contributed by atoms with E-state index in [-0.39, 0.29) is 5.56 Å². The van der Waals surface area contributed by atoms with E-state index in [4.69, 9.17) is 0 Å². The van der Waals surface area contributed by atoms with Crippen LogP contribution in [0.2, 0.25) is 0 Å². The number of thiophene rings is 1. The molecule has 0 amide bonds. The summed E-state index contributed by atoms with van der Waals surface area (Å²) in [7, 11) is 0. The molecule has 1 atom stereocenters. The summed E-state index contributed by atoms with van der Waals surface area (Å²) in [6, 6.07) is 3.24. The maximum absolute atomic E-state index is 11.6. The molecule has 0 aliphatic carbocycles. The molecule has 8 heteroatoms. The van der Waals surface area contributed by atoms with Crippen LogP contribution in [0.25, 0.3) is 4.96 Å². The van der Waals surface area contributed by atoms with Crippen molar-refractivity contribution < 1.29 is 5.11 Å². The standard InChI is InChI=1S/C12H12N4O2S2/c1-12(18,8-3-5-19-6-8)7-14-10-15-16-9(17)2-4-13-11(16)20-10/h2-6,18H,7H2,1H3,(H,14,15). The van der Waals surface area contributed by atoms with Crippen molar-refractivity contribution in [2.45, 2.75) is 12.5 Å². The highest BCUT2D eigenvalue weighted by Gasteiger charge is 2.23. The molecule has 0 saturated heterocycles. The second-order valence-electron chi connectivity index (χ2n) is 4.52. The lowest BCUT2D eigenvalue weighted by molar-refractivity contribution is 0.0720. The van der Waals surface area contributed by atoms with Crippen LogP contribution < -0.4 is 10.9 Å². The SMILES string of the molecule is CC(O)(CNc1nn2c(=O)ccnc2s1)c1ccsc1. The first-order valence-corrected chi connectivity index (χ1v) is 7.66. The molecule has 0 spiro atoms. The average Bonchev–Trinajstić information content (AvgIpc) is 3.06. The Hall–Kier alpha value is -1.77. The number of fused-ring (bicyclic) bond motifs is 1. The van der Waals surface area contributed by atoms with E-state index >= 15 is 0 Å². The molecule has 0 aromatic carbocycles. The third-order valence-electron chi connectivity index (χ3n) is 2.90. The summed E-state index contributed by atoms with van der Waals surface area (Å²) in [4.78, 5) is 16.2. The van der Waals surface area contributed by atoms with Gasteiger partial charge in [-0.15, -0.1) is 5.10 Å². The molecular formula is C12H12N4O2S2. The number of aromatic nitrogens is 3. The highest BCUT2D eigenvalue weighted by Crippen LogP contribution is 2.24. The van der Waals surface area contributed by atoms with Crippen LogP contribution in [0.5, 0.6) is 0 Å². The van der Waals surface area contributed by atoms with E-state index in [1.54, 1.807) is 6.92 Å². The van der Waals surface area contributed by atoms with Gasteiger partial charge in [-0.25, -0.2) is 4.98 Å². The van der Waals surface area contributed by atoms with E-state index in [2.05, 4.69) is 15.4 Å². The Morgan fingerprint density at radius 2 is 2.35 bits per heavy atom. The van der Waals surface area contributed by atoms with Crippen molar-refractivity contribution in [3.05, 3.63) is 45.0 Å². The minimum atomic E-state index is -0.990. The third kappa shape index (κ3) is 2.45. The molecule has 1 unspecified atom stereocenters. The normalized spacial score (nSPS) is 14.3. The number of rotatable bonds is 4. The zero-order valence-corrected chi connectivity index (χ0v) is 12.2. The second kappa shape index (κ2) is 4.97. The molecule has 0 bridgehead atoms. The lowest BCUT2D eigenvalue weighted by atomic mass is 10.00. The van der Waals surface area contributed by atoms with Crippen molar-refractivity contribution in [1.82, 2.24) is 14.6 Å². The molecule has 20 heavy (non-hydrogen) atoms. The van der Waals surface area contributed by atoms with Gasteiger partial charge in [0.15, 0.2) is 0 Å². The highest BCUT2D eigenvalue weighted by molar-refractivity contribution is 7.20. The maximum atomic E-state index is 11.6. The highest BCUT2D eigenvalue weighted by atomic mass is 32.1. The van der Waals surface area contributed by atoms with Crippen LogP contribution in [0.3, 0.4) is 0 Å². The molecule has 2 N–H and O–H groups in total. The fourth-order valence-electron chi connectivity index (χ4n) is 1.74. The zero-order chi connectivity index (χ0) is 14.2. The molecule has 104 valence electrons. The number of anilines is 1. The number of nitrogens with zero attached hydrogens (tertiary/aromatic N) is 3. The van der Waals surface area contributed by atoms with Gasteiger partial charge in [-0.1, -0.05) is 11.3 Å². The topological polar surface area (TPSA) is 79.5 Å². The Morgan fingerprint density at radius 1 is 1.50 bits per heavy atom.